The molecular weight excluding hydrogens is 292 g/mol. The first-order valence-electron chi connectivity index (χ1n) is 7.76. The van der Waals surface area contributed by atoms with E-state index in [2.05, 4.69) is 4.98 Å². The van der Waals surface area contributed by atoms with Crippen LogP contribution >= 0.6 is 0 Å². The maximum Gasteiger partial charge on any atom is 0.314 e. The molecule has 1 fully saturated rings. The van der Waals surface area contributed by atoms with E-state index in [1.165, 1.54) is 0 Å². The molecule has 0 bridgehead atoms. The first-order chi connectivity index (χ1) is 11.0. The zero-order chi connectivity index (χ0) is 16.4. The molecule has 1 aromatic heterocycles. The number of piperidine rings is 1. The normalized spacial score (nSPS) is 17.0. The Kier molecular flexibility index (Phi) is 3.94. The molecule has 1 saturated heterocycles. The number of nitrogens with one attached hydrogen (secondary N) is 1. The summed E-state index contributed by atoms with van der Waals surface area (Å²) in [5.41, 5.74) is 1.49. The second-order valence-electron chi connectivity index (χ2n) is 6.10. The van der Waals surface area contributed by atoms with E-state index < -0.39 is 11.4 Å². The molecule has 5 nitrogen and oxygen atoms in total. The molecule has 2 aromatic rings. The minimum atomic E-state index is -0.898. The number of amides is 1. The van der Waals surface area contributed by atoms with Gasteiger partial charge in [-0.25, -0.2) is 0 Å². The van der Waals surface area contributed by atoms with Crippen molar-refractivity contribution < 1.29 is 14.7 Å². The number of hydrogen-bond acceptors (Lipinski definition) is 2. The van der Waals surface area contributed by atoms with Crippen LogP contribution in [0, 0.1) is 6.92 Å². The van der Waals surface area contributed by atoms with Crippen LogP contribution in [0.3, 0.4) is 0 Å². The molecule has 0 unspecified atom stereocenters. The first-order valence-corrected chi connectivity index (χ1v) is 7.76. The van der Waals surface area contributed by atoms with Gasteiger partial charge in [-0.1, -0.05) is 30.3 Å². The van der Waals surface area contributed by atoms with Gasteiger partial charge in [0.25, 0.3) is 5.91 Å². The van der Waals surface area contributed by atoms with Crippen LogP contribution in [0.15, 0.2) is 42.7 Å². The maximum absolute atomic E-state index is 12.6. The lowest BCUT2D eigenvalue weighted by atomic mass is 9.72. The molecule has 0 spiro atoms. The van der Waals surface area contributed by atoms with Crippen molar-refractivity contribution in [1.29, 1.82) is 0 Å². The van der Waals surface area contributed by atoms with Crippen LogP contribution in [0.1, 0.15) is 34.3 Å². The number of carbonyl (C=O) groups excluding carboxylic acids is 1. The number of aromatic nitrogens is 1. The number of aromatic amines is 1. The van der Waals surface area contributed by atoms with Crippen molar-refractivity contribution in [3.05, 3.63) is 59.4 Å². The summed E-state index contributed by atoms with van der Waals surface area (Å²) in [5, 5.41) is 9.79. The predicted molar refractivity (Wildman–Crippen MR) is 86.4 cm³/mol. The maximum atomic E-state index is 12.6. The van der Waals surface area contributed by atoms with E-state index in [-0.39, 0.29) is 5.91 Å². The number of H-pyrrole nitrogens is 1. The summed E-state index contributed by atoms with van der Waals surface area (Å²) in [5.74, 6) is -0.843. The molecule has 0 aliphatic carbocycles. The van der Waals surface area contributed by atoms with Crippen molar-refractivity contribution in [3.8, 4) is 0 Å². The van der Waals surface area contributed by atoms with Crippen LogP contribution in [0.5, 0.6) is 0 Å². The van der Waals surface area contributed by atoms with Crippen molar-refractivity contribution in [2.24, 2.45) is 0 Å². The Morgan fingerprint density at radius 1 is 1.13 bits per heavy atom. The third-order valence-corrected chi connectivity index (χ3v) is 4.82. The lowest BCUT2D eigenvalue weighted by Gasteiger charge is -2.39. The summed E-state index contributed by atoms with van der Waals surface area (Å²) in [7, 11) is 0. The molecule has 2 N–H and O–H groups in total. The summed E-state index contributed by atoms with van der Waals surface area (Å²) in [6, 6.07) is 9.33. The molecule has 120 valence electrons. The van der Waals surface area contributed by atoms with E-state index in [4.69, 9.17) is 0 Å². The number of nitrogens with zero attached hydrogens (tertiary/aromatic N) is 1. The van der Waals surface area contributed by atoms with Crippen molar-refractivity contribution in [1.82, 2.24) is 9.88 Å². The molecular formula is C18H20N2O3. The standard InChI is InChI=1S/C18H20N2O3/c1-13-11-19-12-15(13)16(21)20-9-7-18(8-10-20,17(22)23)14-5-3-2-4-6-14/h2-6,11-12,19H,7-10H2,1H3,(H,22,23). The van der Waals surface area contributed by atoms with Crippen LogP contribution < -0.4 is 0 Å². The van der Waals surface area contributed by atoms with E-state index in [9.17, 15) is 14.7 Å². The van der Waals surface area contributed by atoms with E-state index in [1.54, 1.807) is 17.3 Å². The lowest BCUT2D eigenvalue weighted by molar-refractivity contribution is -0.145. The third-order valence-electron chi connectivity index (χ3n) is 4.82. The van der Waals surface area contributed by atoms with Gasteiger partial charge in [-0.15, -0.1) is 0 Å². The Morgan fingerprint density at radius 2 is 1.78 bits per heavy atom. The number of aliphatic carboxylic acids is 1. The lowest BCUT2D eigenvalue weighted by Crippen LogP contribution is -2.49. The Hall–Kier alpha value is -2.56. The third kappa shape index (κ3) is 2.63. The number of aryl methyl sites for hydroxylation is 1. The number of benzene rings is 1. The van der Waals surface area contributed by atoms with Crippen LogP contribution in [0.4, 0.5) is 0 Å². The summed E-state index contributed by atoms with van der Waals surface area (Å²) < 4.78 is 0. The molecule has 1 aromatic carbocycles. The number of likely N-dealkylation sites (tertiary alicyclic amines) is 1. The van der Waals surface area contributed by atoms with E-state index in [0.717, 1.165) is 11.1 Å². The molecule has 1 amide bonds. The molecule has 0 atom stereocenters. The van der Waals surface area contributed by atoms with Gasteiger partial charge in [0, 0.05) is 25.5 Å². The monoisotopic (exact) mass is 312 g/mol. The molecule has 2 heterocycles. The summed E-state index contributed by atoms with van der Waals surface area (Å²) in [6.45, 7) is 2.79. The summed E-state index contributed by atoms with van der Waals surface area (Å²) in [6.07, 6.45) is 4.36. The molecule has 3 rings (SSSR count). The highest BCUT2D eigenvalue weighted by atomic mass is 16.4. The van der Waals surface area contributed by atoms with Crippen LogP contribution in [0.25, 0.3) is 0 Å². The number of carboxylic acids is 1. The highest BCUT2D eigenvalue weighted by Gasteiger charge is 2.44. The Bertz CT molecular complexity index is 713. The highest BCUT2D eigenvalue weighted by Crippen LogP contribution is 2.36. The fourth-order valence-electron chi connectivity index (χ4n) is 3.32. The van der Waals surface area contributed by atoms with Crippen molar-refractivity contribution in [2.75, 3.05) is 13.1 Å². The average molecular weight is 312 g/mol. The van der Waals surface area contributed by atoms with Gasteiger partial charge in [-0.3, -0.25) is 9.59 Å². The molecule has 5 heteroatoms. The van der Waals surface area contributed by atoms with Crippen molar-refractivity contribution >= 4 is 11.9 Å². The molecule has 1 aliphatic heterocycles. The molecule has 23 heavy (non-hydrogen) atoms. The number of rotatable bonds is 3. The number of hydrogen-bond donors (Lipinski definition) is 2. The minimum Gasteiger partial charge on any atom is -0.481 e. The zero-order valence-electron chi connectivity index (χ0n) is 13.1. The second-order valence-corrected chi connectivity index (χ2v) is 6.10. The zero-order valence-corrected chi connectivity index (χ0v) is 13.1. The van der Waals surface area contributed by atoms with E-state index in [1.807, 2.05) is 37.3 Å². The first kappa shape index (κ1) is 15.3. The number of carbonyl (C=O) groups is 2. The Morgan fingerprint density at radius 3 is 2.30 bits per heavy atom. The second kappa shape index (κ2) is 5.91. The van der Waals surface area contributed by atoms with Gasteiger partial charge in [0.2, 0.25) is 0 Å². The summed E-state index contributed by atoms with van der Waals surface area (Å²) >= 11 is 0. The smallest absolute Gasteiger partial charge is 0.314 e. The quantitative estimate of drug-likeness (QED) is 0.915. The largest absolute Gasteiger partial charge is 0.481 e. The van der Waals surface area contributed by atoms with Gasteiger partial charge in [0.15, 0.2) is 0 Å². The Labute approximate surface area is 134 Å². The van der Waals surface area contributed by atoms with Gasteiger partial charge in [0.1, 0.15) is 0 Å². The van der Waals surface area contributed by atoms with Crippen LogP contribution in [-0.4, -0.2) is 40.0 Å². The van der Waals surface area contributed by atoms with Gasteiger partial charge in [-0.05, 0) is 30.9 Å². The van der Waals surface area contributed by atoms with Crippen LogP contribution in [0.2, 0.25) is 0 Å². The Balaban J connectivity index is 1.80. The van der Waals surface area contributed by atoms with Gasteiger partial charge in [-0.2, -0.15) is 0 Å². The topological polar surface area (TPSA) is 73.4 Å². The van der Waals surface area contributed by atoms with Gasteiger partial charge < -0.3 is 15.0 Å². The average Bonchev–Trinajstić information content (AvgIpc) is 3.01. The fourth-order valence-corrected chi connectivity index (χ4v) is 3.32. The predicted octanol–water partition coefficient (Wildman–Crippen LogP) is 2.58. The van der Waals surface area contributed by atoms with E-state index >= 15 is 0 Å². The fraction of sp³-hybridized carbons (Fsp3) is 0.333. The minimum absolute atomic E-state index is 0.0317. The highest BCUT2D eigenvalue weighted by molar-refractivity contribution is 5.95. The molecule has 0 saturated carbocycles. The van der Waals surface area contributed by atoms with E-state index in [0.29, 0.717) is 31.5 Å². The van der Waals surface area contributed by atoms with Gasteiger partial charge in [0.05, 0.1) is 11.0 Å². The summed E-state index contributed by atoms with van der Waals surface area (Å²) in [4.78, 5) is 29.2. The molecule has 0 radical (unpaired) electrons. The number of carboxylic acid groups (broad SMARTS) is 1. The van der Waals surface area contributed by atoms with Crippen LogP contribution in [-0.2, 0) is 10.2 Å². The SMILES string of the molecule is Cc1c[nH]cc1C(=O)N1CCC(C(=O)O)(c2ccccc2)CC1. The molecule has 1 aliphatic rings. The van der Waals surface area contributed by atoms with Gasteiger partial charge >= 0.3 is 5.97 Å². The van der Waals surface area contributed by atoms with Crippen molar-refractivity contribution in [2.45, 2.75) is 25.2 Å². The van der Waals surface area contributed by atoms with Crippen molar-refractivity contribution in [3.63, 3.8) is 0 Å².